The summed E-state index contributed by atoms with van der Waals surface area (Å²) in [5.74, 6) is 3.83. The third-order valence-electron chi connectivity index (χ3n) is 4.46. The van der Waals surface area contributed by atoms with Crippen molar-refractivity contribution < 1.29 is 14.3 Å². The minimum absolute atomic E-state index is 0.240. The van der Waals surface area contributed by atoms with Crippen molar-refractivity contribution in [1.29, 1.82) is 0 Å². The van der Waals surface area contributed by atoms with Gasteiger partial charge in [0.1, 0.15) is 20.3 Å². The zero-order valence-corrected chi connectivity index (χ0v) is 21.3. The van der Waals surface area contributed by atoms with Crippen molar-refractivity contribution in [3.8, 4) is 17.3 Å². The molecule has 1 amide bonds. The maximum atomic E-state index is 12.1. The van der Waals surface area contributed by atoms with Gasteiger partial charge in [0.15, 0.2) is 0 Å². The number of nitrogens with one attached hydrogen (secondary N) is 1. The first-order valence-electron chi connectivity index (χ1n) is 11.1. The number of rotatable bonds is 5. The number of hydrogen-bond donors (Lipinski definition) is 1. The fraction of sp³-hybridized carbons (Fsp3) is 0.333. The molecule has 0 radical (unpaired) electrons. The summed E-state index contributed by atoms with van der Waals surface area (Å²) in [5.41, 5.74) is 5.54. The van der Waals surface area contributed by atoms with Crippen molar-refractivity contribution in [2.24, 2.45) is 0 Å². The molecule has 33 heavy (non-hydrogen) atoms. The van der Waals surface area contributed by atoms with Crippen LogP contribution in [0.1, 0.15) is 37.6 Å². The molecule has 3 aromatic rings. The second kappa shape index (κ2) is 10.1. The van der Waals surface area contributed by atoms with Crippen LogP contribution in [0.5, 0.6) is 5.88 Å². The first-order valence-corrected chi connectivity index (χ1v) is 14.6. The number of aromatic nitrogens is 1. The maximum absolute atomic E-state index is 12.1. The molecule has 0 aliphatic carbocycles. The smallest absolute Gasteiger partial charge is 0.407 e. The number of ether oxygens (including phenoxy) is 2. The molecule has 0 aliphatic heterocycles. The summed E-state index contributed by atoms with van der Waals surface area (Å²) in [6.45, 7) is 12.8. The van der Waals surface area contributed by atoms with Crippen molar-refractivity contribution in [3.63, 3.8) is 0 Å². The van der Waals surface area contributed by atoms with Gasteiger partial charge in [0.2, 0.25) is 5.88 Å². The summed E-state index contributed by atoms with van der Waals surface area (Å²) in [7, 11) is -1.49. The molecule has 6 heteroatoms. The number of fused-ring (bicyclic) bond motifs is 1. The minimum atomic E-state index is -1.49. The standard InChI is InChI=1S/C27H32N2O3Si/c1-27(2,3)32-26(30)28-18-23-17-22-13-12-20(14-15-33(4,5)6)16-24(22)25(29-23)31-19-21-10-8-7-9-11-21/h7-13,16-17H,18-19H2,1-6H3,(H,28,30). The Morgan fingerprint density at radius 1 is 1.06 bits per heavy atom. The Morgan fingerprint density at radius 2 is 1.79 bits per heavy atom. The highest BCUT2D eigenvalue weighted by Crippen LogP contribution is 2.27. The van der Waals surface area contributed by atoms with Crippen LogP contribution in [0.2, 0.25) is 19.6 Å². The van der Waals surface area contributed by atoms with Crippen LogP contribution in [-0.2, 0) is 17.9 Å². The molecule has 0 spiro atoms. The molecule has 0 aliphatic rings. The quantitative estimate of drug-likeness (QED) is 0.371. The first-order chi connectivity index (χ1) is 15.5. The highest BCUT2D eigenvalue weighted by molar-refractivity contribution is 6.83. The Bertz CT molecular complexity index is 1180. The topological polar surface area (TPSA) is 60.5 Å². The summed E-state index contributed by atoms with van der Waals surface area (Å²) in [6.07, 6.45) is -0.479. The van der Waals surface area contributed by atoms with E-state index in [0.717, 1.165) is 21.9 Å². The summed E-state index contributed by atoms with van der Waals surface area (Å²) < 4.78 is 11.5. The van der Waals surface area contributed by atoms with E-state index in [1.807, 2.05) is 75.4 Å². The lowest BCUT2D eigenvalue weighted by atomic mass is 10.1. The van der Waals surface area contributed by atoms with Gasteiger partial charge in [0.25, 0.3) is 0 Å². The van der Waals surface area contributed by atoms with Gasteiger partial charge in [-0.2, -0.15) is 0 Å². The van der Waals surface area contributed by atoms with E-state index in [0.29, 0.717) is 18.2 Å². The van der Waals surface area contributed by atoms with Crippen LogP contribution in [0.25, 0.3) is 10.8 Å². The van der Waals surface area contributed by atoms with E-state index < -0.39 is 19.8 Å². The van der Waals surface area contributed by atoms with Gasteiger partial charge >= 0.3 is 6.09 Å². The zero-order valence-electron chi connectivity index (χ0n) is 20.3. The van der Waals surface area contributed by atoms with Gasteiger partial charge in [-0.15, -0.1) is 5.54 Å². The van der Waals surface area contributed by atoms with Gasteiger partial charge in [-0.05, 0) is 49.9 Å². The maximum Gasteiger partial charge on any atom is 0.407 e. The Kier molecular flexibility index (Phi) is 7.45. The molecule has 0 bridgehead atoms. The van der Waals surface area contributed by atoms with E-state index in [1.165, 1.54) is 0 Å². The number of pyridine rings is 1. The van der Waals surface area contributed by atoms with Gasteiger partial charge < -0.3 is 14.8 Å². The average Bonchev–Trinajstić information content (AvgIpc) is 2.73. The molecule has 1 N–H and O–H groups in total. The van der Waals surface area contributed by atoms with Crippen LogP contribution < -0.4 is 10.1 Å². The molecular formula is C27H32N2O3Si. The highest BCUT2D eigenvalue weighted by Gasteiger charge is 2.16. The molecule has 0 fully saturated rings. The fourth-order valence-corrected chi connectivity index (χ4v) is 3.53. The third kappa shape index (κ3) is 7.96. The van der Waals surface area contributed by atoms with Gasteiger partial charge in [-0.3, -0.25) is 0 Å². The monoisotopic (exact) mass is 460 g/mol. The fourth-order valence-electron chi connectivity index (χ4n) is 3.01. The number of carbonyl (C=O) groups is 1. The number of alkyl carbamates (subject to hydrolysis) is 1. The van der Waals surface area contributed by atoms with Crippen LogP contribution in [0, 0.1) is 11.5 Å². The van der Waals surface area contributed by atoms with E-state index in [-0.39, 0.29) is 6.54 Å². The minimum Gasteiger partial charge on any atom is -0.472 e. The molecule has 3 rings (SSSR count). The lowest BCUT2D eigenvalue weighted by molar-refractivity contribution is 0.0522. The molecule has 0 unspecified atom stereocenters. The van der Waals surface area contributed by atoms with Gasteiger partial charge in [-0.25, -0.2) is 9.78 Å². The lowest BCUT2D eigenvalue weighted by Crippen LogP contribution is -2.32. The molecule has 1 aromatic heterocycles. The van der Waals surface area contributed by atoms with Crippen LogP contribution in [-0.4, -0.2) is 24.8 Å². The first kappa shape index (κ1) is 24.3. The van der Waals surface area contributed by atoms with Gasteiger partial charge in [-0.1, -0.05) is 62.0 Å². The molecule has 172 valence electrons. The second-order valence-corrected chi connectivity index (χ2v) is 14.7. The normalized spacial score (nSPS) is 11.5. The Morgan fingerprint density at radius 3 is 2.45 bits per heavy atom. The average molecular weight is 461 g/mol. The van der Waals surface area contributed by atoms with Crippen molar-refractivity contribution in [2.45, 2.75) is 59.2 Å². The summed E-state index contributed by atoms with van der Waals surface area (Å²) >= 11 is 0. The SMILES string of the molecule is CC(C)(C)OC(=O)NCc1cc2ccc(C#C[Si](C)(C)C)cc2c(OCc2ccccc2)n1. The Balaban J connectivity index is 1.91. The van der Waals surface area contributed by atoms with E-state index in [2.05, 4.69) is 36.4 Å². The second-order valence-electron chi connectivity index (χ2n) is 9.98. The number of amides is 1. The Labute approximate surface area is 197 Å². The van der Waals surface area contributed by atoms with E-state index in [1.54, 1.807) is 0 Å². The van der Waals surface area contributed by atoms with Crippen LogP contribution >= 0.6 is 0 Å². The molecular weight excluding hydrogens is 428 g/mol. The lowest BCUT2D eigenvalue weighted by Gasteiger charge is -2.19. The largest absolute Gasteiger partial charge is 0.472 e. The molecule has 1 heterocycles. The summed E-state index contributed by atoms with van der Waals surface area (Å²) in [6, 6.07) is 18.0. The predicted molar refractivity (Wildman–Crippen MR) is 136 cm³/mol. The molecule has 5 nitrogen and oxygen atoms in total. The van der Waals surface area contributed by atoms with Crippen molar-refractivity contribution in [3.05, 3.63) is 71.4 Å². The summed E-state index contributed by atoms with van der Waals surface area (Å²) in [4.78, 5) is 16.8. The van der Waals surface area contributed by atoms with Crippen molar-refractivity contribution >= 4 is 24.9 Å². The van der Waals surface area contributed by atoms with E-state index in [4.69, 9.17) is 14.5 Å². The number of benzene rings is 2. The van der Waals surface area contributed by atoms with E-state index >= 15 is 0 Å². The zero-order chi connectivity index (χ0) is 24.1. The van der Waals surface area contributed by atoms with Crippen molar-refractivity contribution in [2.75, 3.05) is 0 Å². The van der Waals surface area contributed by atoms with Crippen LogP contribution in [0.3, 0.4) is 0 Å². The van der Waals surface area contributed by atoms with Gasteiger partial charge in [0, 0.05) is 10.9 Å². The molecule has 2 aromatic carbocycles. The van der Waals surface area contributed by atoms with Crippen molar-refractivity contribution in [1.82, 2.24) is 10.3 Å². The van der Waals surface area contributed by atoms with E-state index in [9.17, 15) is 4.79 Å². The number of hydrogen-bond acceptors (Lipinski definition) is 4. The molecule has 0 atom stereocenters. The Hall–Kier alpha value is -3.30. The molecule has 0 saturated carbocycles. The van der Waals surface area contributed by atoms with Crippen LogP contribution in [0.15, 0.2) is 54.6 Å². The third-order valence-corrected chi connectivity index (χ3v) is 5.34. The number of carbonyl (C=O) groups excluding carboxylic acids is 1. The van der Waals surface area contributed by atoms with Gasteiger partial charge in [0.05, 0.1) is 12.2 Å². The summed E-state index contributed by atoms with van der Waals surface area (Å²) in [5, 5.41) is 4.65. The number of nitrogens with zero attached hydrogens (tertiary/aromatic N) is 1. The molecule has 0 saturated heterocycles. The predicted octanol–water partition coefficient (Wildman–Crippen LogP) is 6.07. The van der Waals surface area contributed by atoms with Crippen LogP contribution in [0.4, 0.5) is 4.79 Å². The highest BCUT2D eigenvalue weighted by atomic mass is 28.3.